The van der Waals surface area contributed by atoms with Crippen LogP contribution < -0.4 is 5.32 Å². The molecule has 1 aliphatic rings. The van der Waals surface area contributed by atoms with Crippen molar-refractivity contribution < 1.29 is 19.1 Å². The smallest absolute Gasteiger partial charge is 0.408 e. The first-order valence-corrected chi connectivity index (χ1v) is 9.25. The molecule has 150 valence electrons. The Kier molecular flexibility index (Phi) is 7.21. The number of nitrogens with one attached hydrogen (secondary N) is 1. The first-order valence-electron chi connectivity index (χ1n) is 9.25. The third-order valence-corrected chi connectivity index (χ3v) is 4.43. The Morgan fingerprint density at radius 3 is 2.48 bits per heavy atom. The molecule has 2 rings (SSSR count). The number of benzene rings is 1. The number of hydrogen-bond acceptors (Lipinski definition) is 6. The zero-order chi connectivity index (χ0) is 20.0. The van der Waals surface area contributed by atoms with Crippen LogP contribution in [0, 0.1) is 0 Å². The number of amides is 1. The van der Waals surface area contributed by atoms with Crippen LogP contribution in [0.4, 0.5) is 4.79 Å². The number of likely N-dealkylation sites (N-methyl/N-ethyl adjacent to an activating group) is 2. The highest BCUT2D eigenvalue weighted by molar-refractivity contribution is 5.82. The monoisotopic (exact) mass is 377 g/mol. The molecule has 1 aliphatic heterocycles. The van der Waals surface area contributed by atoms with Crippen molar-refractivity contribution in [2.24, 2.45) is 0 Å². The van der Waals surface area contributed by atoms with E-state index in [0.717, 1.165) is 19.6 Å². The summed E-state index contributed by atoms with van der Waals surface area (Å²) in [5.41, 5.74) is 0.00688. The van der Waals surface area contributed by atoms with E-state index in [9.17, 15) is 9.59 Å². The molecule has 0 aliphatic carbocycles. The normalized spacial score (nSPS) is 20.0. The van der Waals surface area contributed by atoms with Gasteiger partial charge in [-0.1, -0.05) is 30.3 Å². The van der Waals surface area contributed by atoms with E-state index in [2.05, 4.69) is 22.2 Å². The number of esters is 1. The minimum Gasteiger partial charge on any atom is -0.462 e. The van der Waals surface area contributed by atoms with Crippen molar-refractivity contribution in [1.29, 1.82) is 0 Å². The fourth-order valence-electron chi connectivity index (χ4n) is 2.89. The zero-order valence-corrected chi connectivity index (χ0v) is 16.9. The average molecular weight is 377 g/mol. The summed E-state index contributed by atoms with van der Waals surface area (Å²) in [6.07, 6.45) is -0.650. The van der Waals surface area contributed by atoms with Crippen LogP contribution in [0.3, 0.4) is 0 Å². The molecule has 2 atom stereocenters. The highest BCUT2D eigenvalue weighted by atomic mass is 16.6. The largest absolute Gasteiger partial charge is 0.462 e. The molecule has 1 fully saturated rings. The number of carbonyl (C=O) groups excluding carboxylic acids is 2. The molecule has 7 nitrogen and oxygen atoms in total. The van der Waals surface area contributed by atoms with Gasteiger partial charge in [-0.2, -0.15) is 0 Å². The molecule has 27 heavy (non-hydrogen) atoms. The first-order chi connectivity index (χ1) is 12.7. The van der Waals surface area contributed by atoms with Crippen molar-refractivity contribution >= 4 is 12.1 Å². The lowest BCUT2D eigenvalue weighted by Gasteiger charge is -2.37. The van der Waals surface area contributed by atoms with Gasteiger partial charge in [0.1, 0.15) is 12.2 Å². The highest BCUT2D eigenvalue weighted by Gasteiger charge is 2.29. The number of hydrogen-bond donors (Lipinski definition) is 1. The second-order valence-corrected chi connectivity index (χ2v) is 8.02. The predicted octanol–water partition coefficient (Wildman–Crippen LogP) is 2.04. The first kappa shape index (κ1) is 21.2. The summed E-state index contributed by atoms with van der Waals surface area (Å²) in [6.45, 7) is 8.36. The average Bonchev–Trinajstić information content (AvgIpc) is 2.59. The lowest BCUT2D eigenvalue weighted by Crippen LogP contribution is -2.52. The van der Waals surface area contributed by atoms with Gasteiger partial charge >= 0.3 is 12.1 Å². The number of alkyl carbamates (subject to hydrolysis) is 1. The van der Waals surface area contributed by atoms with Gasteiger partial charge in [0.2, 0.25) is 0 Å². The van der Waals surface area contributed by atoms with E-state index >= 15 is 0 Å². The molecular weight excluding hydrogens is 346 g/mol. The summed E-state index contributed by atoms with van der Waals surface area (Å²) in [7, 11) is 4.08. The standard InChI is InChI=1S/C20H31N3O4/c1-20(2,3)27-19(25)21-17(15-9-7-6-8-10-15)18(24)26-14-16-13-22(4)11-12-23(16)5/h6-10,16-17H,11-14H2,1-5H3,(H,21,25)/t16-,17?/m0/s1. The van der Waals surface area contributed by atoms with E-state index in [4.69, 9.17) is 9.47 Å². The Labute approximate surface area is 161 Å². The summed E-state index contributed by atoms with van der Waals surface area (Å²) >= 11 is 0. The Morgan fingerprint density at radius 2 is 1.85 bits per heavy atom. The van der Waals surface area contributed by atoms with Crippen LogP contribution in [0.5, 0.6) is 0 Å². The van der Waals surface area contributed by atoms with Crippen LogP contribution in [0.25, 0.3) is 0 Å². The number of carbonyl (C=O) groups is 2. The maximum absolute atomic E-state index is 12.8. The minimum atomic E-state index is -0.910. The van der Waals surface area contributed by atoms with Gasteiger partial charge in [0, 0.05) is 19.6 Å². The fraction of sp³-hybridized carbons (Fsp3) is 0.600. The summed E-state index contributed by atoms with van der Waals surface area (Å²) < 4.78 is 10.9. The van der Waals surface area contributed by atoms with E-state index in [1.54, 1.807) is 32.9 Å². The quantitative estimate of drug-likeness (QED) is 0.792. The summed E-state index contributed by atoms with van der Waals surface area (Å²) in [5.74, 6) is -0.492. The van der Waals surface area contributed by atoms with E-state index in [1.165, 1.54) is 0 Å². The third kappa shape index (κ3) is 6.84. The molecule has 1 amide bonds. The van der Waals surface area contributed by atoms with Gasteiger partial charge in [-0.15, -0.1) is 0 Å². The van der Waals surface area contributed by atoms with Crippen molar-refractivity contribution in [3.63, 3.8) is 0 Å². The Bertz CT molecular complexity index is 630. The fourth-order valence-corrected chi connectivity index (χ4v) is 2.89. The van der Waals surface area contributed by atoms with Crippen molar-refractivity contribution in [2.75, 3.05) is 40.3 Å². The molecule has 1 unspecified atom stereocenters. The third-order valence-electron chi connectivity index (χ3n) is 4.43. The van der Waals surface area contributed by atoms with E-state index in [1.807, 2.05) is 25.2 Å². The second kappa shape index (κ2) is 9.19. The molecule has 0 spiro atoms. The van der Waals surface area contributed by atoms with Gasteiger partial charge in [-0.05, 0) is 40.4 Å². The van der Waals surface area contributed by atoms with Gasteiger partial charge in [0.25, 0.3) is 0 Å². The summed E-state index contributed by atoms with van der Waals surface area (Å²) in [6, 6.07) is 8.27. The summed E-state index contributed by atoms with van der Waals surface area (Å²) in [5, 5.41) is 2.64. The molecular formula is C20H31N3O4. The lowest BCUT2D eigenvalue weighted by atomic mass is 10.1. The van der Waals surface area contributed by atoms with Crippen LogP contribution in [0.2, 0.25) is 0 Å². The topological polar surface area (TPSA) is 71.1 Å². The van der Waals surface area contributed by atoms with Gasteiger partial charge in [-0.3, -0.25) is 4.90 Å². The Balaban J connectivity index is 2.04. The van der Waals surface area contributed by atoms with Crippen LogP contribution in [0.1, 0.15) is 32.4 Å². The molecule has 0 bridgehead atoms. The van der Waals surface area contributed by atoms with Gasteiger partial charge < -0.3 is 19.7 Å². The van der Waals surface area contributed by atoms with E-state index in [-0.39, 0.29) is 12.6 Å². The molecule has 1 heterocycles. The number of rotatable bonds is 5. The van der Waals surface area contributed by atoms with Crippen molar-refractivity contribution in [1.82, 2.24) is 15.1 Å². The number of piperazine rings is 1. The maximum atomic E-state index is 12.8. The second-order valence-electron chi connectivity index (χ2n) is 8.02. The Morgan fingerprint density at radius 1 is 1.19 bits per heavy atom. The maximum Gasteiger partial charge on any atom is 0.408 e. The minimum absolute atomic E-state index is 0.130. The number of ether oxygens (including phenoxy) is 2. The predicted molar refractivity (Wildman–Crippen MR) is 103 cm³/mol. The van der Waals surface area contributed by atoms with Gasteiger partial charge in [-0.25, -0.2) is 9.59 Å². The summed E-state index contributed by atoms with van der Waals surface area (Å²) in [4.78, 5) is 29.3. The van der Waals surface area contributed by atoms with Gasteiger partial charge in [0.05, 0.1) is 6.04 Å². The van der Waals surface area contributed by atoms with Crippen LogP contribution in [-0.4, -0.2) is 73.8 Å². The van der Waals surface area contributed by atoms with Crippen LogP contribution in [-0.2, 0) is 14.3 Å². The highest BCUT2D eigenvalue weighted by Crippen LogP contribution is 2.17. The van der Waals surface area contributed by atoms with E-state index in [0.29, 0.717) is 5.56 Å². The zero-order valence-electron chi connectivity index (χ0n) is 16.9. The van der Waals surface area contributed by atoms with Crippen LogP contribution in [0.15, 0.2) is 30.3 Å². The van der Waals surface area contributed by atoms with Crippen molar-refractivity contribution in [2.45, 2.75) is 38.5 Å². The molecule has 0 saturated carbocycles. The molecule has 1 aromatic rings. The lowest BCUT2D eigenvalue weighted by molar-refractivity contribution is -0.148. The SMILES string of the molecule is CN1CCN(C)[C@H](COC(=O)C(NC(=O)OC(C)(C)C)c2ccccc2)C1. The Hall–Kier alpha value is -2.12. The van der Waals surface area contributed by atoms with E-state index < -0.39 is 23.7 Å². The van der Waals surface area contributed by atoms with Crippen LogP contribution >= 0.6 is 0 Å². The molecule has 1 N–H and O–H groups in total. The molecule has 0 radical (unpaired) electrons. The number of nitrogens with zero attached hydrogens (tertiary/aromatic N) is 2. The van der Waals surface area contributed by atoms with Crippen molar-refractivity contribution in [3.05, 3.63) is 35.9 Å². The molecule has 1 saturated heterocycles. The van der Waals surface area contributed by atoms with Crippen molar-refractivity contribution in [3.8, 4) is 0 Å². The molecule has 7 heteroatoms. The molecule has 0 aromatic heterocycles. The van der Waals surface area contributed by atoms with Gasteiger partial charge in [0.15, 0.2) is 6.04 Å². The molecule has 1 aromatic carbocycles.